The van der Waals surface area contributed by atoms with Crippen LogP contribution in [0, 0.1) is 6.92 Å². The summed E-state index contributed by atoms with van der Waals surface area (Å²) < 4.78 is 8.21. The smallest absolute Gasteiger partial charge is 0.192 e. The molecule has 164 valence electrons. The molecule has 9 heteroatoms. The fourth-order valence-corrected chi connectivity index (χ4v) is 5.90. The molecule has 0 radical (unpaired) electrons. The van der Waals surface area contributed by atoms with Crippen LogP contribution < -0.4 is 10.6 Å². The molecule has 2 unspecified atom stereocenters. The molecule has 1 saturated carbocycles. The van der Waals surface area contributed by atoms with Gasteiger partial charge in [-0.3, -0.25) is 0 Å². The van der Waals surface area contributed by atoms with Gasteiger partial charge >= 0.3 is 0 Å². The van der Waals surface area contributed by atoms with Gasteiger partial charge in [0.2, 0.25) is 0 Å². The zero-order chi connectivity index (χ0) is 19.4. The third-order valence-electron chi connectivity index (χ3n) is 6.41. The van der Waals surface area contributed by atoms with Crippen LogP contribution in [-0.4, -0.2) is 56.5 Å². The van der Waals surface area contributed by atoms with E-state index >= 15 is 0 Å². The lowest BCUT2D eigenvalue weighted by Gasteiger charge is -2.39. The normalized spacial score (nSPS) is 28.3. The highest BCUT2D eigenvalue weighted by molar-refractivity contribution is 14.0. The van der Waals surface area contributed by atoms with Crippen molar-refractivity contribution in [1.82, 2.24) is 25.4 Å². The minimum absolute atomic E-state index is 0. The molecule has 2 saturated heterocycles. The van der Waals surface area contributed by atoms with Crippen molar-refractivity contribution < 1.29 is 4.74 Å². The van der Waals surface area contributed by atoms with E-state index in [4.69, 9.17) is 9.73 Å². The number of aliphatic imine (C=N–C) groups is 1. The molecule has 1 aromatic heterocycles. The quantitative estimate of drug-likeness (QED) is 0.351. The Kier molecular flexibility index (Phi) is 8.50. The monoisotopic (exact) mass is 534 g/mol. The highest BCUT2D eigenvalue weighted by atomic mass is 127. The van der Waals surface area contributed by atoms with E-state index in [-0.39, 0.29) is 29.6 Å². The van der Waals surface area contributed by atoms with E-state index in [9.17, 15) is 0 Å². The van der Waals surface area contributed by atoms with Crippen LogP contribution in [0.1, 0.15) is 63.0 Å². The van der Waals surface area contributed by atoms with Gasteiger partial charge in [0, 0.05) is 31.5 Å². The third-order valence-corrected chi connectivity index (χ3v) is 7.63. The fraction of sp³-hybridized carbons (Fsp3) is 0.850. The van der Waals surface area contributed by atoms with Crippen molar-refractivity contribution in [3.05, 3.63) is 11.6 Å². The van der Waals surface area contributed by atoms with E-state index in [1.165, 1.54) is 44.3 Å². The van der Waals surface area contributed by atoms with Crippen LogP contribution in [0.4, 0.5) is 0 Å². The number of nitrogens with zero attached hydrogens (tertiary/aromatic N) is 4. The molecule has 3 fully saturated rings. The molecule has 2 N–H and O–H groups in total. The van der Waals surface area contributed by atoms with E-state index in [1.807, 2.05) is 30.3 Å². The van der Waals surface area contributed by atoms with E-state index in [1.54, 1.807) is 0 Å². The Balaban J connectivity index is 0.00000240. The molecular weight excluding hydrogens is 499 g/mol. The molecular formula is C20H35IN6OS. The summed E-state index contributed by atoms with van der Waals surface area (Å²) in [6.45, 7) is 3.36. The van der Waals surface area contributed by atoms with Crippen molar-refractivity contribution in [3.8, 4) is 0 Å². The van der Waals surface area contributed by atoms with E-state index in [2.05, 4.69) is 20.8 Å². The van der Waals surface area contributed by atoms with Crippen molar-refractivity contribution >= 4 is 41.7 Å². The van der Waals surface area contributed by atoms with Crippen molar-refractivity contribution in [2.75, 3.05) is 18.1 Å². The molecule has 1 aromatic rings. The zero-order valence-electron chi connectivity index (χ0n) is 17.7. The van der Waals surface area contributed by atoms with Crippen LogP contribution in [0.3, 0.4) is 0 Å². The van der Waals surface area contributed by atoms with Crippen molar-refractivity contribution in [2.24, 2.45) is 12.0 Å². The number of halogens is 1. The SMILES string of the molecule is Cc1nnc(CN=C(NC2CCCCC2)NC2CCOC3(CCSC3)C2)n1C.I. The largest absolute Gasteiger partial charge is 0.374 e. The Morgan fingerprint density at radius 3 is 2.69 bits per heavy atom. The minimum atomic E-state index is 0. The molecule has 1 spiro atoms. The molecule has 3 aliphatic rings. The average molecular weight is 535 g/mol. The van der Waals surface area contributed by atoms with Gasteiger partial charge in [-0.1, -0.05) is 19.3 Å². The molecule has 4 rings (SSSR count). The van der Waals surface area contributed by atoms with Gasteiger partial charge in [0.15, 0.2) is 11.8 Å². The zero-order valence-corrected chi connectivity index (χ0v) is 20.8. The number of hydrogen-bond donors (Lipinski definition) is 2. The van der Waals surface area contributed by atoms with Gasteiger partial charge < -0.3 is 19.9 Å². The predicted molar refractivity (Wildman–Crippen MR) is 129 cm³/mol. The van der Waals surface area contributed by atoms with Crippen LogP contribution >= 0.6 is 35.7 Å². The number of nitrogens with one attached hydrogen (secondary N) is 2. The lowest BCUT2D eigenvalue weighted by Crippen LogP contribution is -2.53. The first-order chi connectivity index (χ1) is 13.6. The first kappa shape index (κ1) is 23.1. The summed E-state index contributed by atoms with van der Waals surface area (Å²) >= 11 is 2.02. The second kappa shape index (κ2) is 10.7. The molecule has 0 bridgehead atoms. The van der Waals surface area contributed by atoms with Gasteiger partial charge in [-0.25, -0.2) is 4.99 Å². The lowest BCUT2D eigenvalue weighted by atomic mass is 9.90. The summed E-state index contributed by atoms with van der Waals surface area (Å²) in [5.74, 6) is 5.11. The molecule has 1 aliphatic carbocycles. The standard InChI is InChI=1S/C20H34N6OS.HI/c1-15-24-25-18(26(15)2)13-21-19(22-16-6-4-3-5-7-16)23-17-8-10-27-20(12-17)9-11-28-14-20;/h16-17H,3-14H2,1-2H3,(H2,21,22,23);1H. The Morgan fingerprint density at radius 1 is 1.21 bits per heavy atom. The number of ether oxygens (including phenoxy) is 1. The molecule has 7 nitrogen and oxygen atoms in total. The van der Waals surface area contributed by atoms with Crippen LogP contribution in [0.5, 0.6) is 0 Å². The molecule has 3 heterocycles. The number of thioether (sulfide) groups is 1. The van der Waals surface area contributed by atoms with E-state index < -0.39 is 0 Å². The summed E-state index contributed by atoms with van der Waals surface area (Å²) in [6.07, 6.45) is 9.74. The first-order valence-electron chi connectivity index (χ1n) is 10.8. The van der Waals surface area contributed by atoms with Crippen molar-refractivity contribution in [1.29, 1.82) is 0 Å². The number of rotatable bonds is 4. The number of aryl methyl sites for hydroxylation is 1. The Bertz CT molecular complexity index is 685. The maximum atomic E-state index is 6.19. The first-order valence-corrected chi connectivity index (χ1v) is 11.9. The van der Waals surface area contributed by atoms with Crippen molar-refractivity contribution in [3.63, 3.8) is 0 Å². The van der Waals surface area contributed by atoms with Gasteiger partial charge in [-0.15, -0.1) is 34.2 Å². The highest BCUT2D eigenvalue weighted by Crippen LogP contribution is 2.38. The maximum Gasteiger partial charge on any atom is 0.192 e. The second-order valence-electron chi connectivity index (χ2n) is 8.53. The molecule has 29 heavy (non-hydrogen) atoms. The average Bonchev–Trinajstić information content (AvgIpc) is 3.28. The summed E-state index contributed by atoms with van der Waals surface area (Å²) in [4.78, 5) is 4.90. The molecule has 0 aromatic carbocycles. The lowest BCUT2D eigenvalue weighted by molar-refractivity contribution is -0.0679. The highest BCUT2D eigenvalue weighted by Gasteiger charge is 2.40. The molecule has 0 amide bonds. The van der Waals surface area contributed by atoms with E-state index in [0.29, 0.717) is 18.6 Å². The van der Waals surface area contributed by atoms with Gasteiger partial charge in [0.1, 0.15) is 12.4 Å². The Morgan fingerprint density at radius 2 is 2.00 bits per heavy atom. The van der Waals surface area contributed by atoms with Gasteiger partial charge in [-0.05, 0) is 44.8 Å². The number of hydrogen-bond acceptors (Lipinski definition) is 5. The van der Waals surface area contributed by atoms with Gasteiger partial charge in [0.05, 0.1) is 5.60 Å². The number of aromatic nitrogens is 3. The Labute approximate surface area is 195 Å². The van der Waals surface area contributed by atoms with Crippen LogP contribution in [0.15, 0.2) is 4.99 Å². The van der Waals surface area contributed by atoms with Crippen LogP contribution in [0.2, 0.25) is 0 Å². The van der Waals surface area contributed by atoms with Gasteiger partial charge in [-0.2, -0.15) is 11.8 Å². The van der Waals surface area contributed by atoms with Gasteiger partial charge in [0.25, 0.3) is 0 Å². The maximum absolute atomic E-state index is 6.19. The molecule has 2 atom stereocenters. The summed E-state index contributed by atoms with van der Waals surface area (Å²) in [6, 6.07) is 0.945. The van der Waals surface area contributed by atoms with Crippen LogP contribution in [-0.2, 0) is 18.3 Å². The number of guanidine groups is 1. The third kappa shape index (κ3) is 6.00. The minimum Gasteiger partial charge on any atom is -0.374 e. The summed E-state index contributed by atoms with van der Waals surface area (Å²) in [7, 11) is 2.00. The van der Waals surface area contributed by atoms with Crippen molar-refractivity contribution in [2.45, 2.75) is 82.5 Å². The van der Waals surface area contributed by atoms with Crippen LogP contribution in [0.25, 0.3) is 0 Å². The molecule has 2 aliphatic heterocycles. The Hall–Kier alpha value is -0.550. The fourth-order valence-electron chi connectivity index (χ4n) is 4.52. The van der Waals surface area contributed by atoms with E-state index in [0.717, 1.165) is 42.8 Å². The topological polar surface area (TPSA) is 76.4 Å². The summed E-state index contributed by atoms with van der Waals surface area (Å²) in [5.41, 5.74) is 0.0806. The summed E-state index contributed by atoms with van der Waals surface area (Å²) in [5, 5.41) is 15.9. The predicted octanol–water partition coefficient (Wildman–Crippen LogP) is 3.16. The second-order valence-corrected chi connectivity index (χ2v) is 9.64.